The smallest absolute Gasteiger partial charge is 0.135 e. The number of anilines is 3. The molecule has 0 bridgehead atoms. The van der Waals surface area contributed by atoms with E-state index >= 15 is 0 Å². The second-order valence-corrected chi connectivity index (χ2v) is 15.1. The number of para-hydroxylation sites is 1. The molecule has 2 heterocycles. The Morgan fingerprint density at radius 1 is 0.345 bits per heavy atom. The normalized spacial score (nSPS) is 11.6. The van der Waals surface area contributed by atoms with Gasteiger partial charge in [0.1, 0.15) is 11.2 Å². The number of thiophene rings is 1. The van der Waals surface area contributed by atoms with Gasteiger partial charge in [0.05, 0.1) is 0 Å². The molecule has 258 valence electrons. The van der Waals surface area contributed by atoms with Crippen molar-refractivity contribution in [3.05, 3.63) is 200 Å². The van der Waals surface area contributed by atoms with Crippen LogP contribution in [-0.2, 0) is 0 Å². The van der Waals surface area contributed by atoms with Crippen molar-refractivity contribution >= 4 is 81.3 Å². The SMILES string of the molecule is c1cc(-c2ccc(N(c3ccc(-c4cccc5c4sc4ccccc45)cc3)c3ccc4oc5ccccc5c4c3)cc2)cc(-c2cccc3ccccc23)c1. The van der Waals surface area contributed by atoms with Gasteiger partial charge in [0.2, 0.25) is 0 Å². The van der Waals surface area contributed by atoms with Crippen LogP contribution in [0.3, 0.4) is 0 Å². The van der Waals surface area contributed by atoms with E-state index in [0.29, 0.717) is 0 Å². The molecule has 0 aliphatic carbocycles. The second kappa shape index (κ2) is 12.9. The minimum absolute atomic E-state index is 0.887. The molecule has 0 aliphatic heterocycles. The van der Waals surface area contributed by atoms with Crippen LogP contribution in [0, 0.1) is 0 Å². The highest BCUT2D eigenvalue weighted by Crippen LogP contribution is 2.43. The van der Waals surface area contributed by atoms with Gasteiger partial charge in [0.15, 0.2) is 0 Å². The van der Waals surface area contributed by atoms with Crippen LogP contribution < -0.4 is 4.90 Å². The van der Waals surface area contributed by atoms with Gasteiger partial charge in [-0.1, -0.05) is 140 Å². The molecule has 55 heavy (non-hydrogen) atoms. The third-order valence-electron chi connectivity index (χ3n) is 10.9. The van der Waals surface area contributed by atoms with E-state index in [2.05, 4.69) is 193 Å². The molecule has 0 unspecified atom stereocenters. The number of hydrogen-bond donors (Lipinski definition) is 0. The lowest BCUT2D eigenvalue weighted by Gasteiger charge is -2.26. The van der Waals surface area contributed by atoms with Crippen molar-refractivity contribution < 1.29 is 4.42 Å². The first kappa shape index (κ1) is 31.6. The predicted octanol–water partition coefficient (Wildman–Crippen LogP) is 15.6. The maximum Gasteiger partial charge on any atom is 0.135 e. The van der Waals surface area contributed by atoms with Crippen molar-refractivity contribution in [2.75, 3.05) is 4.90 Å². The molecule has 11 aromatic rings. The molecule has 3 heteroatoms. The summed E-state index contributed by atoms with van der Waals surface area (Å²) in [4.78, 5) is 2.35. The van der Waals surface area contributed by atoms with E-state index in [9.17, 15) is 0 Å². The first-order chi connectivity index (χ1) is 27.2. The summed E-state index contributed by atoms with van der Waals surface area (Å²) in [5, 5.41) is 7.37. The zero-order chi connectivity index (χ0) is 36.3. The summed E-state index contributed by atoms with van der Waals surface area (Å²) in [6.45, 7) is 0. The van der Waals surface area contributed by atoms with Gasteiger partial charge >= 0.3 is 0 Å². The van der Waals surface area contributed by atoms with Crippen LogP contribution in [-0.4, -0.2) is 0 Å². The van der Waals surface area contributed by atoms with Crippen LogP contribution in [0.1, 0.15) is 0 Å². The molecule has 0 saturated carbocycles. The zero-order valence-corrected chi connectivity index (χ0v) is 30.6. The molecule has 9 aromatic carbocycles. The molecule has 0 N–H and O–H groups in total. The number of benzene rings is 9. The number of nitrogens with zero attached hydrogens (tertiary/aromatic N) is 1. The van der Waals surface area contributed by atoms with E-state index < -0.39 is 0 Å². The molecule has 11 rings (SSSR count). The van der Waals surface area contributed by atoms with E-state index in [4.69, 9.17) is 4.42 Å². The summed E-state index contributed by atoms with van der Waals surface area (Å²) in [7, 11) is 0. The van der Waals surface area contributed by atoms with Gasteiger partial charge in [-0.25, -0.2) is 0 Å². The van der Waals surface area contributed by atoms with E-state index in [0.717, 1.165) is 39.0 Å². The topological polar surface area (TPSA) is 16.4 Å². The first-order valence-corrected chi connectivity index (χ1v) is 19.5. The van der Waals surface area contributed by atoms with Crippen molar-refractivity contribution in [1.29, 1.82) is 0 Å². The fourth-order valence-electron chi connectivity index (χ4n) is 8.21. The standard InChI is InChI=1S/C52H33NOS/c1-2-14-42-35(10-1)11-8-17-43(42)38-13-7-12-37(32-38)34-22-26-39(27-23-34)53(41-30-31-50-48(33-41)45-15-3-5-20-49(45)54-50)40-28-24-36(25-29-40)44-18-9-19-47-46-16-4-6-21-51(46)55-52(44)47/h1-33H. The predicted molar refractivity (Wildman–Crippen MR) is 235 cm³/mol. The Morgan fingerprint density at radius 3 is 1.80 bits per heavy atom. The highest BCUT2D eigenvalue weighted by molar-refractivity contribution is 7.26. The summed E-state index contributed by atoms with van der Waals surface area (Å²) in [6.07, 6.45) is 0. The fraction of sp³-hybridized carbons (Fsp3) is 0. The van der Waals surface area contributed by atoms with Gasteiger partial charge in [-0.05, 0) is 105 Å². The van der Waals surface area contributed by atoms with Gasteiger partial charge in [0.25, 0.3) is 0 Å². The van der Waals surface area contributed by atoms with Gasteiger partial charge in [-0.2, -0.15) is 0 Å². The number of hydrogen-bond acceptors (Lipinski definition) is 3. The Bertz CT molecular complexity index is 3200. The van der Waals surface area contributed by atoms with E-state index in [1.807, 2.05) is 23.5 Å². The summed E-state index contributed by atoms with van der Waals surface area (Å²) >= 11 is 1.87. The van der Waals surface area contributed by atoms with Gasteiger partial charge in [0, 0.05) is 48.0 Å². The molecule has 0 saturated heterocycles. The first-order valence-electron chi connectivity index (χ1n) is 18.7. The molecule has 0 fully saturated rings. The van der Waals surface area contributed by atoms with Crippen LogP contribution in [0.2, 0.25) is 0 Å². The lowest BCUT2D eigenvalue weighted by Crippen LogP contribution is -2.09. The maximum atomic E-state index is 6.23. The summed E-state index contributed by atoms with van der Waals surface area (Å²) in [6, 6.07) is 72.2. The number of furan rings is 1. The molecular weight excluding hydrogens is 687 g/mol. The lowest BCUT2D eigenvalue weighted by molar-refractivity contribution is 0.669. The Balaban J connectivity index is 1.00. The third kappa shape index (κ3) is 5.40. The van der Waals surface area contributed by atoms with Gasteiger partial charge < -0.3 is 9.32 Å². The summed E-state index contributed by atoms with van der Waals surface area (Å²) in [5.74, 6) is 0. The van der Waals surface area contributed by atoms with Crippen molar-refractivity contribution in [3.63, 3.8) is 0 Å². The highest BCUT2D eigenvalue weighted by Gasteiger charge is 2.17. The van der Waals surface area contributed by atoms with Gasteiger partial charge in [-0.15, -0.1) is 11.3 Å². The van der Waals surface area contributed by atoms with Crippen LogP contribution in [0.15, 0.2) is 205 Å². The quantitative estimate of drug-likeness (QED) is 0.170. The number of rotatable bonds is 6. The average Bonchev–Trinajstić information content (AvgIpc) is 3.83. The van der Waals surface area contributed by atoms with Crippen LogP contribution in [0.4, 0.5) is 17.1 Å². The van der Waals surface area contributed by atoms with Crippen LogP contribution >= 0.6 is 11.3 Å². The van der Waals surface area contributed by atoms with E-state index in [1.54, 1.807) is 0 Å². The molecule has 2 aromatic heterocycles. The third-order valence-corrected chi connectivity index (χ3v) is 12.1. The van der Waals surface area contributed by atoms with Crippen molar-refractivity contribution in [2.24, 2.45) is 0 Å². The molecule has 0 amide bonds. The Labute approximate surface area is 322 Å². The highest BCUT2D eigenvalue weighted by atomic mass is 32.1. The molecular formula is C52H33NOS. The molecule has 0 spiro atoms. The van der Waals surface area contributed by atoms with Gasteiger partial charge in [-0.3, -0.25) is 0 Å². The minimum atomic E-state index is 0.887. The van der Waals surface area contributed by atoms with Crippen molar-refractivity contribution in [1.82, 2.24) is 0 Å². The lowest BCUT2D eigenvalue weighted by atomic mass is 9.95. The van der Waals surface area contributed by atoms with Crippen molar-refractivity contribution in [3.8, 4) is 33.4 Å². The van der Waals surface area contributed by atoms with Crippen LogP contribution in [0.25, 0.3) is 86.3 Å². The minimum Gasteiger partial charge on any atom is -0.456 e. The van der Waals surface area contributed by atoms with E-state index in [-0.39, 0.29) is 0 Å². The largest absolute Gasteiger partial charge is 0.456 e. The Hall–Kier alpha value is -6.94. The molecule has 2 nitrogen and oxygen atoms in total. The maximum absolute atomic E-state index is 6.23. The zero-order valence-electron chi connectivity index (χ0n) is 29.8. The second-order valence-electron chi connectivity index (χ2n) is 14.1. The number of fused-ring (bicyclic) bond motifs is 7. The van der Waals surface area contributed by atoms with Crippen molar-refractivity contribution in [2.45, 2.75) is 0 Å². The Kier molecular flexibility index (Phi) is 7.39. The molecule has 0 aliphatic rings. The Morgan fingerprint density at radius 2 is 0.945 bits per heavy atom. The molecule has 0 atom stereocenters. The van der Waals surface area contributed by atoms with Crippen LogP contribution in [0.5, 0.6) is 0 Å². The van der Waals surface area contributed by atoms with E-state index in [1.165, 1.54) is 64.3 Å². The monoisotopic (exact) mass is 719 g/mol. The summed E-state index contributed by atoms with van der Waals surface area (Å²) < 4.78 is 8.88. The fourth-order valence-corrected chi connectivity index (χ4v) is 9.45. The summed E-state index contributed by atoms with van der Waals surface area (Å²) in [5.41, 5.74) is 12.3. The average molecular weight is 720 g/mol. The molecule has 0 radical (unpaired) electrons.